The number of carbonyl (C=O) groups is 3. The number of rotatable bonds is 3. The minimum absolute atomic E-state index is 0.196. The molecule has 3 aliphatic rings. The summed E-state index contributed by atoms with van der Waals surface area (Å²) in [5.41, 5.74) is 2.30. The van der Waals surface area contributed by atoms with Gasteiger partial charge >= 0.3 is 6.03 Å². The van der Waals surface area contributed by atoms with E-state index in [1.54, 1.807) is 6.92 Å². The Labute approximate surface area is 164 Å². The third kappa shape index (κ3) is 2.93. The smallest absolute Gasteiger partial charge is 0.325 e. The Morgan fingerprint density at radius 3 is 2.71 bits per heavy atom. The number of urea groups is 1. The summed E-state index contributed by atoms with van der Waals surface area (Å²) in [6, 6.07) is 2.56. The molecule has 1 aromatic carbocycles. The number of fused-ring (bicyclic) bond motifs is 1. The lowest BCUT2D eigenvalue weighted by Crippen LogP contribution is -2.50. The molecule has 2 aliphatic heterocycles. The van der Waals surface area contributed by atoms with Crippen LogP contribution in [0.4, 0.5) is 4.79 Å². The van der Waals surface area contributed by atoms with Gasteiger partial charge in [-0.1, -0.05) is 30.5 Å². The van der Waals surface area contributed by atoms with E-state index in [4.69, 9.17) is 4.74 Å². The van der Waals surface area contributed by atoms with Crippen molar-refractivity contribution in [3.05, 3.63) is 28.8 Å². The summed E-state index contributed by atoms with van der Waals surface area (Å²) in [4.78, 5) is 39.4. The van der Waals surface area contributed by atoms with Crippen LogP contribution in [0.2, 0.25) is 0 Å². The van der Waals surface area contributed by atoms with Gasteiger partial charge in [0.05, 0.1) is 12.6 Å². The molecule has 1 spiro atoms. The highest BCUT2D eigenvalue weighted by atomic mass is 16.5. The minimum atomic E-state index is -0.857. The second kappa shape index (κ2) is 6.79. The summed E-state index contributed by atoms with van der Waals surface area (Å²) in [7, 11) is 0. The molecular formula is C21H27N3O4. The summed E-state index contributed by atoms with van der Waals surface area (Å²) in [5.74, 6) is 0.224. The van der Waals surface area contributed by atoms with Crippen LogP contribution in [-0.4, -0.2) is 40.9 Å². The van der Waals surface area contributed by atoms with E-state index in [0.29, 0.717) is 25.9 Å². The number of imide groups is 1. The van der Waals surface area contributed by atoms with E-state index < -0.39 is 17.6 Å². The van der Waals surface area contributed by atoms with Gasteiger partial charge in [-0.2, -0.15) is 0 Å². The van der Waals surface area contributed by atoms with E-state index in [9.17, 15) is 14.4 Å². The molecule has 7 heteroatoms. The first-order valence-corrected chi connectivity index (χ1v) is 10.0. The monoisotopic (exact) mass is 385 g/mol. The number of nitrogens with zero attached hydrogens (tertiary/aromatic N) is 1. The van der Waals surface area contributed by atoms with Crippen LogP contribution < -0.4 is 15.4 Å². The van der Waals surface area contributed by atoms with E-state index >= 15 is 0 Å². The zero-order valence-corrected chi connectivity index (χ0v) is 16.6. The van der Waals surface area contributed by atoms with Gasteiger partial charge < -0.3 is 15.4 Å². The molecule has 7 nitrogen and oxygen atoms in total. The zero-order chi connectivity index (χ0) is 20.1. The van der Waals surface area contributed by atoms with Gasteiger partial charge in [-0.05, 0) is 39.2 Å². The summed E-state index contributed by atoms with van der Waals surface area (Å²) in [6.45, 7) is 6.13. The van der Waals surface area contributed by atoms with E-state index in [1.165, 1.54) is 0 Å². The van der Waals surface area contributed by atoms with Crippen LogP contribution in [0.25, 0.3) is 0 Å². The molecule has 2 N–H and O–H groups in total. The van der Waals surface area contributed by atoms with Crippen molar-refractivity contribution < 1.29 is 19.1 Å². The number of amides is 4. The number of carbonyl (C=O) groups excluding carboxylic acids is 3. The molecule has 2 heterocycles. The summed E-state index contributed by atoms with van der Waals surface area (Å²) in [6.07, 6.45) is 3.77. The van der Waals surface area contributed by atoms with Crippen molar-refractivity contribution in [2.75, 3.05) is 6.61 Å². The highest BCUT2D eigenvalue weighted by Crippen LogP contribution is 2.37. The first-order valence-electron chi connectivity index (χ1n) is 10.0. The quantitative estimate of drug-likeness (QED) is 0.783. The number of ether oxygens (including phenoxy) is 1. The Bertz CT molecular complexity index is 844. The third-order valence-electron chi connectivity index (χ3n) is 6.21. The molecule has 2 unspecified atom stereocenters. The van der Waals surface area contributed by atoms with Crippen molar-refractivity contribution in [3.63, 3.8) is 0 Å². The Kier molecular flexibility index (Phi) is 4.56. The molecule has 0 aromatic heterocycles. The Balaban J connectivity index is 1.52. The van der Waals surface area contributed by atoms with Crippen molar-refractivity contribution in [3.8, 4) is 5.75 Å². The van der Waals surface area contributed by atoms with Crippen molar-refractivity contribution in [2.24, 2.45) is 0 Å². The molecular weight excluding hydrogens is 358 g/mol. The maximum Gasteiger partial charge on any atom is 0.325 e. The highest BCUT2D eigenvalue weighted by Gasteiger charge is 2.54. The fraction of sp³-hybridized carbons (Fsp3) is 0.571. The molecule has 150 valence electrons. The first-order chi connectivity index (χ1) is 13.3. The van der Waals surface area contributed by atoms with Gasteiger partial charge in [-0.25, -0.2) is 9.69 Å². The Hall–Kier alpha value is -2.57. The second-order valence-electron chi connectivity index (χ2n) is 8.27. The van der Waals surface area contributed by atoms with Gasteiger partial charge in [0.15, 0.2) is 0 Å². The number of hydrogen-bond acceptors (Lipinski definition) is 4. The van der Waals surface area contributed by atoms with E-state index in [-0.39, 0.29) is 17.9 Å². The van der Waals surface area contributed by atoms with Crippen LogP contribution in [-0.2, 0) is 9.59 Å². The van der Waals surface area contributed by atoms with Crippen LogP contribution >= 0.6 is 0 Å². The van der Waals surface area contributed by atoms with E-state index in [2.05, 4.69) is 16.7 Å². The molecule has 2 fully saturated rings. The maximum absolute atomic E-state index is 12.9. The molecule has 0 radical (unpaired) electrons. The Morgan fingerprint density at radius 1 is 1.29 bits per heavy atom. The number of hydrogen-bond donors (Lipinski definition) is 2. The van der Waals surface area contributed by atoms with Crippen LogP contribution in [0.15, 0.2) is 12.1 Å². The predicted molar refractivity (Wildman–Crippen MR) is 103 cm³/mol. The zero-order valence-electron chi connectivity index (χ0n) is 16.6. The third-order valence-corrected chi connectivity index (χ3v) is 6.21. The average molecular weight is 385 g/mol. The van der Waals surface area contributed by atoms with E-state index in [1.807, 2.05) is 19.9 Å². The lowest BCUT2D eigenvalue weighted by molar-refractivity contribution is -0.138. The van der Waals surface area contributed by atoms with E-state index in [0.717, 1.165) is 40.2 Å². The number of nitrogens with one attached hydrogen (secondary N) is 2. The normalized spacial score (nSPS) is 24.0. The molecule has 2 atom stereocenters. The number of benzene rings is 1. The molecule has 0 bridgehead atoms. The summed E-state index contributed by atoms with van der Waals surface area (Å²) < 4.78 is 5.80. The lowest BCUT2D eigenvalue weighted by Gasteiger charge is -2.30. The first kappa shape index (κ1) is 18.8. The van der Waals surface area contributed by atoms with Gasteiger partial charge in [-0.3, -0.25) is 9.59 Å². The van der Waals surface area contributed by atoms with Gasteiger partial charge in [0.25, 0.3) is 5.91 Å². The molecule has 4 rings (SSSR count). The largest absolute Gasteiger partial charge is 0.493 e. The Morgan fingerprint density at radius 2 is 2.00 bits per heavy atom. The molecule has 1 saturated heterocycles. The van der Waals surface area contributed by atoms with Crippen LogP contribution in [0.1, 0.15) is 61.8 Å². The molecule has 1 aliphatic carbocycles. The minimum Gasteiger partial charge on any atom is -0.493 e. The van der Waals surface area contributed by atoms with Crippen molar-refractivity contribution in [2.45, 2.75) is 70.5 Å². The fourth-order valence-corrected chi connectivity index (χ4v) is 4.75. The van der Waals surface area contributed by atoms with Crippen LogP contribution in [0.5, 0.6) is 5.75 Å². The second-order valence-corrected chi connectivity index (χ2v) is 8.27. The van der Waals surface area contributed by atoms with Gasteiger partial charge in [0, 0.05) is 12.0 Å². The van der Waals surface area contributed by atoms with Gasteiger partial charge in [0.1, 0.15) is 17.3 Å². The lowest BCUT2D eigenvalue weighted by atomic mass is 9.95. The molecule has 1 saturated carbocycles. The van der Waals surface area contributed by atoms with Crippen LogP contribution in [0, 0.1) is 13.8 Å². The summed E-state index contributed by atoms with van der Waals surface area (Å²) >= 11 is 0. The molecule has 28 heavy (non-hydrogen) atoms. The van der Waals surface area contributed by atoms with Gasteiger partial charge in [0.2, 0.25) is 5.91 Å². The van der Waals surface area contributed by atoms with Crippen molar-refractivity contribution >= 4 is 17.8 Å². The number of aryl methyl sites for hydroxylation is 2. The SMILES string of the molecule is Cc1cc(C)c2c(c1)C(NC(=O)C(C)N1C(=O)NC3(CCCC3)C1=O)CCO2. The molecule has 4 amide bonds. The van der Waals surface area contributed by atoms with Crippen molar-refractivity contribution in [1.29, 1.82) is 0 Å². The standard InChI is InChI=1S/C21H27N3O4/c1-12-10-13(2)17-15(11-12)16(6-9-28-17)22-18(25)14(3)24-19(26)21(23-20(24)27)7-4-5-8-21/h10-11,14,16H,4-9H2,1-3H3,(H,22,25)(H,23,27). The highest BCUT2D eigenvalue weighted by molar-refractivity contribution is 6.10. The maximum atomic E-state index is 12.9. The fourth-order valence-electron chi connectivity index (χ4n) is 4.75. The van der Waals surface area contributed by atoms with Crippen molar-refractivity contribution in [1.82, 2.24) is 15.5 Å². The average Bonchev–Trinajstić information content (AvgIpc) is 3.20. The summed E-state index contributed by atoms with van der Waals surface area (Å²) in [5, 5.41) is 5.87. The topological polar surface area (TPSA) is 87.7 Å². The predicted octanol–water partition coefficient (Wildman–Crippen LogP) is 2.50. The van der Waals surface area contributed by atoms with Gasteiger partial charge in [-0.15, -0.1) is 0 Å². The van der Waals surface area contributed by atoms with Crippen LogP contribution in [0.3, 0.4) is 0 Å². The molecule has 1 aromatic rings.